The van der Waals surface area contributed by atoms with Crippen molar-refractivity contribution in [1.82, 2.24) is 9.97 Å². The molecular weight excluding hydrogens is 330 g/mol. The van der Waals surface area contributed by atoms with Gasteiger partial charge in [-0.05, 0) is 60.6 Å². The summed E-state index contributed by atoms with van der Waals surface area (Å²) in [6.07, 6.45) is 5.52. The second kappa shape index (κ2) is 7.74. The molecule has 0 bridgehead atoms. The number of phenols is 1. The average molecular weight is 353 g/mol. The molecule has 2 N–H and O–H groups in total. The van der Waals surface area contributed by atoms with Crippen LogP contribution in [0.3, 0.4) is 0 Å². The van der Waals surface area contributed by atoms with Crippen molar-refractivity contribution in [3.63, 3.8) is 0 Å². The van der Waals surface area contributed by atoms with Gasteiger partial charge in [0.15, 0.2) is 0 Å². The maximum absolute atomic E-state index is 9.63. The first-order chi connectivity index (χ1) is 12.2. The third-order valence-electron chi connectivity index (χ3n) is 4.31. The van der Waals surface area contributed by atoms with Crippen molar-refractivity contribution in [2.75, 3.05) is 11.6 Å². The molecule has 130 valence electrons. The number of phenolic OH excluding ortho intramolecular Hbond substituents is 1. The second-order valence-electron chi connectivity index (χ2n) is 5.81. The van der Waals surface area contributed by atoms with Gasteiger partial charge < -0.3 is 10.4 Å². The minimum Gasteiger partial charge on any atom is -0.508 e. The fourth-order valence-corrected chi connectivity index (χ4v) is 3.62. The summed E-state index contributed by atoms with van der Waals surface area (Å²) in [5, 5.41) is 14.2. The molecule has 3 aromatic rings. The molecule has 0 aliphatic heterocycles. The Kier molecular flexibility index (Phi) is 5.43. The van der Waals surface area contributed by atoms with Crippen molar-refractivity contribution in [3.05, 3.63) is 53.9 Å². The fraction of sp³-hybridized carbons (Fsp3) is 0.300. The van der Waals surface area contributed by atoms with Crippen LogP contribution in [0.15, 0.2) is 47.6 Å². The van der Waals surface area contributed by atoms with Gasteiger partial charge in [0, 0.05) is 16.3 Å². The highest BCUT2D eigenvalue weighted by Crippen LogP contribution is 2.30. The molecule has 2 aromatic carbocycles. The molecule has 0 spiro atoms. The first kappa shape index (κ1) is 17.5. The van der Waals surface area contributed by atoms with Crippen molar-refractivity contribution in [3.8, 4) is 5.75 Å². The SMILES string of the molecule is CC.CSc1ccc2ncnc(NC3Cc4ccc(O)cc4C3)c2c1. The molecule has 0 amide bonds. The molecule has 4 nitrogen and oxygen atoms in total. The quantitative estimate of drug-likeness (QED) is 0.671. The van der Waals surface area contributed by atoms with Gasteiger partial charge >= 0.3 is 0 Å². The Morgan fingerprint density at radius 3 is 2.64 bits per heavy atom. The van der Waals surface area contributed by atoms with Crippen LogP contribution in [0.2, 0.25) is 0 Å². The molecule has 25 heavy (non-hydrogen) atoms. The van der Waals surface area contributed by atoms with E-state index in [4.69, 9.17) is 0 Å². The largest absolute Gasteiger partial charge is 0.508 e. The van der Waals surface area contributed by atoms with E-state index in [2.05, 4.69) is 33.7 Å². The summed E-state index contributed by atoms with van der Waals surface area (Å²) >= 11 is 1.72. The molecular formula is C20H23N3OS. The number of thioether (sulfide) groups is 1. The van der Waals surface area contributed by atoms with Crippen LogP contribution < -0.4 is 5.32 Å². The molecule has 1 atom stereocenters. The number of nitrogens with zero attached hydrogens (tertiary/aromatic N) is 2. The third kappa shape index (κ3) is 3.71. The van der Waals surface area contributed by atoms with Crippen LogP contribution in [0.25, 0.3) is 10.9 Å². The maximum Gasteiger partial charge on any atom is 0.137 e. The van der Waals surface area contributed by atoms with Gasteiger partial charge in [-0.25, -0.2) is 9.97 Å². The lowest BCUT2D eigenvalue weighted by Crippen LogP contribution is -2.20. The normalized spacial score (nSPS) is 15.4. The van der Waals surface area contributed by atoms with Crippen LogP contribution in [0.1, 0.15) is 25.0 Å². The number of fused-ring (bicyclic) bond motifs is 2. The predicted molar refractivity (Wildman–Crippen MR) is 106 cm³/mol. The minimum absolute atomic E-state index is 0.294. The van der Waals surface area contributed by atoms with Gasteiger partial charge in [-0.15, -0.1) is 11.8 Å². The Labute approximate surface area is 152 Å². The van der Waals surface area contributed by atoms with E-state index >= 15 is 0 Å². The zero-order valence-corrected chi connectivity index (χ0v) is 15.6. The molecule has 0 saturated heterocycles. The number of hydrogen-bond donors (Lipinski definition) is 2. The zero-order chi connectivity index (χ0) is 17.8. The number of rotatable bonds is 3. The number of anilines is 1. The van der Waals surface area contributed by atoms with Gasteiger partial charge in [0.25, 0.3) is 0 Å². The van der Waals surface area contributed by atoms with Gasteiger partial charge in [0.2, 0.25) is 0 Å². The van der Waals surface area contributed by atoms with E-state index in [9.17, 15) is 5.11 Å². The Balaban J connectivity index is 0.000000880. The van der Waals surface area contributed by atoms with E-state index in [0.717, 1.165) is 29.6 Å². The molecule has 4 rings (SSSR count). The molecule has 0 saturated carbocycles. The standard InChI is InChI=1S/C18H17N3OS.C2H6/c1-23-15-4-5-17-16(9-15)18(20-10-19-17)21-13-6-11-2-3-14(22)8-12(11)7-13;1-2/h2-5,8-10,13,22H,6-7H2,1H3,(H,19,20,21);1-2H3. The van der Waals surface area contributed by atoms with Crippen molar-refractivity contribution in [1.29, 1.82) is 0 Å². The summed E-state index contributed by atoms with van der Waals surface area (Å²) in [7, 11) is 0. The first-order valence-electron chi connectivity index (χ1n) is 8.59. The maximum atomic E-state index is 9.63. The molecule has 1 aliphatic carbocycles. The van der Waals surface area contributed by atoms with Crippen molar-refractivity contribution >= 4 is 28.5 Å². The van der Waals surface area contributed by atoms with Gasteiger partial charge in [0.1, 0.15) is 17.9 Å². The Morgan fingerprint density at radius 1 is 1.04 bits per heavy atom. The first-order valence-corrected chi connectivity index (χ1v) is 9.81. The highest BCUT2D eigenvalue weighted by Gasteiger charge is 2.22. The van der Waals surface area contributed by atoms with Crippen LogP contribution in [0.5, 0.6) is 5.75 Å². The second-order valence-corrected chi connectivity index (χ2v) is 6.69. The molecule has 1 unspecified atom stereocenters. The smallest absolute Gasteiger partial charge is 0.137 e. The Bertz CT molecular complexity index is 882. The van der Waals surface area contributed by atoms with Crippen LogP contribution in [-0.4, -0.2) is 27.4 Å². The van der Waals surface area contributed by atoms with E-state index in [1.165, 1.54) is 16.0 Å². The van der Waals surface area contributed by atoms with Gasteiger partial charge in [0.05, 0.1) is 5.52 Å². The lowest BCUT2D eigenvalue weighted by molar-refractivity contribution is 0.474. The third-order valence-corrected chi connectivity index (χ3v) is 5.03. The monoisotopic (exact) mass is 353 g/mol. The number of benzene rings is 2. The van der Waals surface area contributed by atoms with Crippen LogP contribution in [0.4, 0.5) is 5.82 Å². The van der Waals surface area contributed by atoms with E-state index in [-0.39, 0.29) is 0 Å². The topological polar surface area (TPSA) is 58.0 Å². The molecule has 1 heterocycles. The lowest BCUT2D eigenvalue weighted by atomic mass is 10.1. The number of nitrogens with one attached hydrogen (secondary N) is 1. The summed E-state index contributed by atoms with van der Waals surface area (Å²) in [4.78, 5) is 10.00. The van der Waals surface area contributed by atoms with Crippen LogP contribution in [-0.2, 0) is 12.8 Å². The highest BCUT2D eigenvalue weighted by molar-refractivity contribution is 7.98. The van der Waals surface area contributed by atoms with Crippen LogP contribution in [0, 0.1) is 0 Å². The lowest BCUT2D eigenvalue weighted by Gasteiger charge is -2.14. The van der Waals surface area contributed by atoms with Gasteiger partial charge in [-0.3, -0.25) is 0 Å². The number of hydrogen-bond acceptors (Lipinski definition) is 5. The molecule has 1 aromatic heterocycles. The fourth-order valence-electron chi connectivity index (χ4n) is 3.18. The zero-order valence-electron chi connectivity index (χ0n) is 14.8. The number of aromatic hydroxyl groups is 1. The van der Waals surface area contributed by atoms with E-state index in [1.807, 2.05) is 32.0 Å². The van der Waals surface area contributed by atoms with Gasteiger partial charge in [-0.2, -0.15) is 0 Å². The van der Waals surface area contributed by atoms with E-state index in [1.54, 1.807) is 24.2 Å². The number of aromatic nitrogens is 2. The van der Waals surface area contributed by atoms with Crippen molar-refractivity contribution < 1.29 is 5.11 Å². The molecule has 5 heteroatoms. The van der Waals surface area contributed by atoms with Crippen LogP contribution >= 0.6 is 11.8 Å². The van der Waals surface area contributed by atoms with Crippen molar-refractivity contribution in [2.45, 2.75) is 37.6 Å². The Morgan fingerprint density at radius 2 is 1.84 bits per heavy atom. The Hall–Kier alpha value is -2.27. The summed E-state index contributed by atoms with van der Waals surface area (Å²) in [5.41, 5.74) is 3.46. The summed E-state index contributed by atoms with van der Waals surface area (Å²) in [6, 6.07) is 12.2. The molecule has 0 radical (unpaired) electrons. The van der Waals surface area contributed by atoms with Crippen molar-refractivity contribution in [2.24, 2.45) is 0 Å². The summed E-state index contributed by atoms with van der Waals surface area (Å²) < 4.78 is 0. The summed E-state index contributed by atoms with van der Waals surface area (Å²) in [6.45, 7) is 4.00. The minimum atomic E-state index is 0.294. The van der Waals surface area contributed by atoms with E-state index in [0.29, 0.717) is 11.8 Å². The average Bonchev–Trinajstić information content (AvgIpc) is 3.04. The summed E-state index contributed by atoms with van der Waals surface area (Å²) in [5.74, 6) is 1.22. The van der Waals surface area contributed by atoms with Gasteiger partial charge in [-0.1, -0.05) is 19.9 Å². The molecule has 1 aliphatic rings. The highest BCUT2D eigenvalue weighted by atomic mass is 32.2. The van der Waals surface area contributed by atoms with E-state index < -0.39 is 0 Å². The molecule has 0 fully saturated rings. The predicted octanol–water partition coefficient (Wildman–Crippen LogP) is 4.66.